The highest BCUT2D eigenvalue weighted by Gasteiger charge is 2.17. The number of aryl methyl sites for hydroxylation is 1. The molecule has 0 saturated carbocycles. The van der Waals surface area contributed by atoms with Crippen LogP contribution in [0, 0.1) is 6.92 Å². The normalized spacial score (nSPS) is 11.8. The number of amides is 1. The van der Waals surface area contributed by atoms with Gasteiger partial charge in [0, 0.05) is 4.90 Å². The Labute approximate surface area is 142 Å². The number of nitrogens with one attached hydrogen (secondary N) is 1. The predicted octanol–water partition coefficient (Wildman–Crippen LogP) is 4.61. The van der Waals surface area contributed by atoms with Gasteiger partial charge in [0.15, 0.2) is 0 Å². The molecule has 1 amide bonds. The minimum atomic E-state index is -0.0322. The van der Waals surface area contributed by atoms with Gasteiger partial charge in [-0.05, 0) is 48.9 Å². The lowest BCUT2D eigenvalue weighted by molar-refractivity contribution is 0.0932. The molecule has 0 bridgehead atoms. The number of rotatable bonds is 6. The molecule has 3 nitrogen and oxygen atoms in total. The minimum Gasteiger partial charge on any atom is -0.496 e. The first-order valence-electron chi connectivity index (χ1n) is 7.69. The van der Waals surface area contributed by atoms with E-state index in [9.17, 15) is 4.79 Å². The number of thioether (sulfide) groups is 1. The van der Waals surface area contributed by atoms with Crippen molar-refractivity contribution in [1.29, 1.82) is 0 Å². The zero-order valence-corrected chi connectivity index (χ0v) is 14.9. The molecule has 2 aromatic carbocycles. The molecule has 2 aromatic rings. The minimum absolute atomic E-state index is 0.0120. The van der Waals surface area contributed by atoms with Crippen LogP contribution in [0.3, 0.4) is 0 Å². The van der Waals surface area contributed by atoms with Gasteiger partial charge in [0.2, 0.25) is 0 Å². The monoisotopic (exact) mass is 329 g/mol. The lowest BCUT2D eigenvalue weighted by Crippen LogP contribution is -2.28. The molecule has 0 spiro atoms. The first-order valence-corrected chi connectivity index (χ1v) is 8.91. The van der Waals surface area contributed by atoms with Crippen LogP contribution in [0.25, 0.3) is 0 Å². The summed E-state index contributed by atoms with van der Waals surface area (Å²) in [6, 6.07) is 13.7. The molecule has 0 heterocycles. The molecule has 0 aliphatic heterocycles. The van der Waals surface area contributed by atoms with Crippen molar-refractivity contribution in [3.63, 3.8) is 0 Å². The van der Waals surface area contributed by atoms with Crippen molar-refractivity contribution in [2.24, 2.45) is 0 Å². The summed E-state index contributed by atoms with van der Waals surface area (Å²) in [4.78, 5) is 13.6. The molecule has 4 heteroatoms. The summed E-state index contributed by atoms with van der Waals surface area (Å²) in [5.74, 6) is 0.831. The fourth-order valence-corrected chi connectivity index (χ4v) is 3.20. The van der Waals surface area contributed by atoms with E-state index in [0.717, 1.165) is 33.8 Å². The molecule has 122 valence electrons. The van der Waals surface area contributed by atoms with E-state index in [-0.39, 0.29) is 11.9 Å². The standard InChI is InChI=1S/C19H23NO2S/c1-5-16(14-10-11-17(22-3)13(2)12-14)20-19(21)15-8-6-7-9-18(15)23-4/h6-12,16H,5H2,1-4H3,(H,20,21). The molecule has 0 radical (unpaired) electrons. The fraction of sp³-hybridized carbons (Fsp3) is 0.316. The molecule has 1 unspecified atom stereocenters. The highest BCUT2D eigenvalue weighted by molar-refractivity contribution is 7.98. The second kappa shape index (κ2) is 8.06. The van der Waals surface area contributed by atoms with Crippen molar-refractivity contribution in [2.45, 2.75) is 31.2 Å². The third-order valence-electron chi connectivity index (χ3n) is 3.89. The van der Waals surface area contributed by atoms with Crippen LogP contribution in [-0.4, -0.2) is 19.3 Å². The average Bonchev–Trinajstić information content (AvgIpc) is 2.59. The molecular formula is C19H23NO2S. The van der Waals surface area contributed by atoms with E-state index in [1.165, 1.54) is 0 Å². The Hall–Kier alpha value is -1.94. The Morgan fingerprint density at radius 1 is 1.26 bits per heavy atom. The number of methoxy groups -OCH3 is 1. The SMILES string of the molecule is CCC(NC(=O)c1ccccc1SC)c1ccc(OC)c(C)c1. The van der Waals surface area contributed by atoms with Crippen molar-refractivity contribution in [3.8, 4) is 5.75 Å². The van der Waals surface area contributed by atoms with Gasteiger partial charge in [-0.2, -0.15) is 0 Å². The summed E-state index contributed by atoms with van der Waals surface area (Å²) >= 11 is 1.58. The van der Waals surface area contributed by atoms with E-state index in [4.69, 9.17) is 4.74 Å². The first kappa shape index (κ1) is 17.4. The van der Waals surface area contributed by atoms with Gasteiger partial charge in [-0.3, -0.25) is 4.79 Å². The number of carbonyl (C=O) groups is 1. The topological polar surface area (TPSA) is 38.3 Å². The van der Waals surface area contributed by atoms with E-state index in [2.05, 4.69) is 18.3 Å². The van der Waals surface area contributed by atoms with Crippen LogP contribution >= 0.6 is 11.8 Å². The smallest absolute Gasteiger partial charge is 0.252 e. The highest BCUT2D eigenvalue weighted by atomic mass is 32.2. The fourth-order valence-electron chi connectivity index (χ4n) is 2.61. The zero-order valence-electron chi connectivity index (χ0n) is 14.1. The van der Waals surface area contributed by atoms with Gasteiger partial charge in [0.05, 0.1) is 18.7 Å². The van der Waals surface area contributed by atoms with Crippen molar-refractivity contribution in [1.82, 2.24) is 5.32 Å². The summed E-state index contributed by atoms with van der Waals surface area (Å²) in [5, 5.41) is 3.15. The Morgan fingerprint density at radius 2 is 2.00 bits per heavy atom. The van der Waals surface area contributed by atoms with Crippen LogP contribution in [-0.2, 0) is 0 Å². The summed E-state index contributed by atoms with van der Waals surface area (Å²) in [6.45, 7) is 4.09. The maximum Gasteiger partial charge on any atom is 0.252 e. The lowest BCUT2D eigenvalue weighted by atomic mass is 10.0. The molecular weight excluding hydrogens is 306 g/mol. The van der Waals surface area contributed by atoms with Gasteiger partial charge in [0.1, 0.15) is 5.75 Å². The number of hydrogen-bond acceptors (Lipinski definition) is 3. The summed E-state index contributed by atoms with van der Waals surface area (Å²) < 4.78 is 5.30. The Bertz CT molecular complexity index is 685. The number of ether oxygens (including phenoxy) is 1. The van der Waals surface area contributed by atoms with Crippen molar-refractivity contribution < 1.29 is 9.53 Å². The predicted molar refractivity (Wildman–Crippen MR) is 96.5 cm³/mol. The highest BCUT2D eigenvalue weighted by Crippen LogP contribution is 2.25. The molecule has 0 fully saturated rings. The maximum atomic E-state index is 12.6. The van der Waals surface area contributed by atoms with Crippen molar-refractivity contribution in [3.05, 3.63) is 59.2 Å². The molecule has 0 aliphatic carbocycles. The van der Waals surface area contributed by atoms with E-state index < -0.39 is 0 Å². The Kier molecular flexibility index (Phi) is 6.11. The van der Waals surface area contributed by atoms with Crippen LogP contribution < -0.4 is 10.1 Å². The first-order chi connectivity index (χ1) is 11.1. The van der Waals surface area contributed by atoms with Gasteiger partial charge < -0.3 is 10.1 Å². The Morgan fingerprint density at radius 3 is 2.61 bits per heavy atom. The van der Waals surface area contributed by atoms with Crippen LogP contribution in [0.4, 0.5) is 0 Å². The average molecular weight is 329 g/mol. The second-order valence-corrected chi connectivity index (χ2v) is 6.21. The van der Waals surface area contributed by atoms with E-state index >= 15 is 0 Å². The van der Waals surface area contributed by atoms with Crippen molar-refractivity contribution in [2.75, 3.05) is 13.4 Å². The van der Waals surface area contributed by atoms with Gasteiger partial charge >= 0.3 is 0 Å². The van der Waals surface area contributed by atoms with E-state index in [1.54, 1.807) is 18.9 Å². The summed E-state index contributed by atoms with van der Waals surface area (Å²) in [7, 11) is 1.67. The molecule has 1 atom stereocenters. The van der Waals surface area contributed by atoms with Crippen LogP contribution in [0.1, 0.15) is 40.9 Å². The van der Waals surface area contributed by atoms with E-state index in [1.807, 2.05) is 49.6 Å². The van der Waals surface area contributed by atoms with Gasteiger partial charge in [0.25, 0.3) is 5.91 Å². The quantitative estimate of drug-likeness (QED) is 0.787. The Balaban J connectivity index is 2.22. The number of benzene rings is 2. The number of hydrogen-bond donors (Lipinski definition) is 1. The molecule has 23 heavy (non-hydrogen) atoms. The maximum absolute atomic E-state index is 12.6. The lowest BCUT2D eigenvalue weighted by Gasteiger charge is -2.19. The molecule has 0 aromatic heterocycles. The van der Waals surface area contributed by atoms with Crippen LogP contribution in [0.15, 0.2) is 47.4 Å². The molecule has 0 saturated heterocycles. The van der Waals surface area contributed by atoms with E-state index in [0.29, 0.717) is 0 Å². The molecule has 0 aliphatic rings. The molecule has 2 rings (SSSR count). The molecule has 1 N–H and O–H groups in total. The second-order valence-electron chi connectivity index (χ2n) is 5.36. The zero-order chi connectivity index (χ0) is 16.8. The largest absolute Gasteiger partial charge is 0.496 e. The van der Waals surface area contributed by atoms with Gasteiger partial charge in [-0.25, -0.2) is 0 Å². The third-order valence-corrected chi connectivity index (χ3v) is 4.68. The van der Waals surface area contributed by atoms with Gasteiger partial charge in [-0.15, -0.1) is 11.8 Å². The van der Waals surface area contributed by atoms with Crippen LogP contribution in [0.2, 0.25) is 0 Å². The summed E-state index contributed by atoms with van der Waals surface area (Å²) in [6.07, 6.45) is 2.81. The number of carbonyl (C=O) groups excluding carboxylic acids is 1. The van der Waals surface area contributed by atoms with Crippen molar-refractivity contribution >= 4 is 17.7 Å². The summed E-state index contributed by atoms with van der Waals surface area (Å²) in [5.41, 5.74) is 2.90. The third kappa shape index (κ3) is 4.08. The van der Waals surface area contributed by atoms with Crippen LogP contribution in [0.5, 0.6) is 5.75 Å². The van der Waals surface area contributed by atoms with Gasteiger partial charge in [-0.1, -0.05) is 31.2 Å².